The molecule has 546 valence electrons. The molecule has 0 aliphatic heterocycles. The first-order valence-corrected chi connectivity index (χ1v) is 31.8. The highest BCUT2D eigenvalue weighted by atomic mass is 16.2. The predicted molar refractivity (Wildman–Crippen MR) is 366 cm³/mol. The summed E-state index contributed by atoms with van der Waals surface area (Å²) in [4.78, 5) is 223. The number of nitrogen functional groups attached to an aromatic ring is 6. The summed E-state index contributed by atoms with van der Waals surface area (Å²) in [6, 6.07) is -7.84. The van der Waals surface area contributed by atoms with Crippen molar-refractivity contribution in [1.29, 1.82) is 0 Å². The van der Waals surface area contributed by atoms with Gasteiger partial charge in [0.25, 0.3) is 16.7 Å². The number of H-pyrrole nitrogens is 3. The van der Waals surface area contributed by atoms with Gasteiger partial charge in [-0.2, -0.15) is 29.9 Å². The number of nitrogens with one attached hydrogen (secondary N) is 9. The standard InChI is InChI=1S/C57H75N33O13/c58-13-2-1-6-27(39(63)91)70-44(93)29(7-3-14-85-17-10-33(60)76-55(85)101)72-47(96)32(22-87-19-12-35(62)78-57(87)103)75-46(95)30(9-5-16-89-24-68-37-41(89)80-53(65)83-50(37)99)73-48(97)31(21-86-18-11-34(61)77-56(86)102)74-45(94)28(8-4-15-88-23-67-36-40(88)79-52(64)82-49(36)98)71-43(92)26(59)20-90-25-69-38-42(90)81-54(66)84-51(38)100/h10-12,17-19,23-32H,1-9,13-16,20-22,58-59H2,(H2,63,91)(H,70,93)(H,71,92)(H,72,96)(H,73,97)(H,74,94)(H,75,95)(H2,60,76,101)(H2,61,77,102)(H2,62,78,103)(H3,64,79,82,98)(H3,65,80,83,99)(H3,66,81,84,100)/t26-,27-,28-,29-,30-,31-,32-/m0/s1. The Morgan fingerprint density at radius 1 is 0.388 bits per heavy atom. The van der Waals surface area contributed by atoms with Crippen molar-refractivity contribution < 1.29 is 33.6 Å². The second kappa shape index (κ2) is 33.0. The van der Waals surface area contributed by atoms with Crippen LogP contribution in [0.15, 0.2) is 84.5 Å². The van der Waals surface area contributed by atoms with Crippen molar-refractivity contribution in [3.63, 3.8) is 0 Å². The van der Waals surface area contributed by atoms with Crippen LogP contribution >= 0.6 is 0 Å². The number of nitrogens with zero attached hydrogens (tertiary/aromatic N) is 15. The van der Waals surface area contributed by atoms with Gasteiger partial charge in [0, 0.05) is 44.8 Å². The van der Waals surface area contributed by atoms with E-state index in [9.17, 15) is 43.2 Å². The van der Waals surface area contributed by atoms with Crippen molar-refractivity contribution in [3.8, 4) is 0 Å². The Kier molecular flexibility index (Phi) is 23.7. The first kappa shape index (κ1) is 73.9. The predicted octanol–water partition coefficient (Wildman–Crippen LogP) is -9.16. The molecule has 46 heteroatoms. The molecule has 7 amide bonds. The Morgan fingerprint density at radius 2 is 0.709 bits per heavy atom. The minimum absolute atomic E-state index is 0.0146. The Bertz CT molecular complexity index is 5030. The van der Waals surface area contributed by atoms with Crippen LogP contribution in [-0.4, -0.2) is 177 Å². The van der Waals surface area contributed by atoms with E-state index >= 15 is 19.2 Å². The molecule has 0 fully saturated rings. The van der Waals surface area contributed by atoms with E-state index < -0.39 is 137 Å². The zero-order valence-electron chi connectivity index (χ0n) is 54.8. The van der Waals surface area contributed by atoms with Crippen LogP contribution in [0.25, 0.3) is 33.5 Å². The summed E-state index contributed by atoms with van der Waals surface area (Å²) in [5.41, 5.74) is 47.6. The largest absolute Gasteiger partial charge is 0.383 e. The van der Waals surface area contributed by atoms with Gasteiger partial charge in [0.2, 0.25) is 59.2 Å². The fourth-order valence-corrected chi connectivity index (χ4v) is 10.8. The normalized spacial score (nSPS) is 13.5. The van der Waals surface area contributed by atoms with Crippen LogP contribution in [0.3, 0.4) is 0 Å². The molecule has 0 saturated heterocycles. The lowest BCUT2D eigenvalue weighted by Gasteiger charge is -2.28. The number of carbonyl (C=O) groups excluding carboxylic acids is 7. The van der Waals surface area contributed by atoms with Gasteiger partial charge in [0.15, 0.2) is 33.5 Å². The van der Waals surface area contributed by atoms with Crippen LogP contribution in [0.4, 0.5) is 35.3 Å². The number of amides is 7. The number of unbranched alkanes of at least 4 members (excludes halogenated alkanes) is 1. The summed E-state index contributed by atoms with van der Waals surface area (Å²) < 4.78 is 7.09. The summed E-state index contributed by atoms with van der Waals surface area (Å²) in [5, 5.41) is 15.4. The summed E-state index contributed by atoms with van der Waals surface area (Å²) in [6.07, 6.45) is 7.17. The van der Waals surface area contributed by atoms with E-state index in [1.165, 1.54) is 61.6 Å². The van der Waals surface area contributed by atoms with E-state index in [4.69, 9.17) is 51.6 Å². The Hall–Kier alpha value is -13.3. The van der Waals surface area contributed by atoms with Crippen molar-refractivity contribution in [1.82, 2.24) is 119 Å². The number of hydrogen-bond donors (Lipinski definition) is 18. The number of carbonyl (C=O) groups is 7. The first-order valence-electron chi connectivity index (χ1n) is 31.8. The van der Waals surface area contributed by atoms with Crippen LogP contribution in [0, 0.1) is 0 Å². The van der Waals surface area contributed by atoms with Crippen molar-refractivity contribution in [3.05, 3.63) is 118 Å². The molecule has 0 spiro atoms. The molecule has 46 nitrogen and oxygen atoms in total. The van der Waals surface area contributed by atoms with E-state index in [1.54, 1.807) is 0 Å². The number of fused-ring (bicyclic) bond motifs is 3. The molecule has 0 aliphatic rings. The number of hydrogen-bond acceptors (Lipinski definition) is 30. The summed E-state index contributed by atoms with van der Waals surface area (Å²) >= 11 is 0. The molecule has 103 heavy (non-hydrogen) atoms. The highest BCUT2D eigenvalue weighted by Gasteiger charge is 2.35. The van der Waals surface area contributed by atoms with E-state index in [2.05, 4.69) is 91.7 Å². The SMILES string of the molecule is NCCCC[C@H](NC(=O)[C@H](CCCn1ccc(N)nc1=O)NC(=O)[C@H](Cn1ccc(N)nc1=O)NC(=O)[C@H](CCCn1cnc2c(=O)[nH]c(N)nc21)NC(=O)[C@H](Cn1ccc(N)nc1=O)NC(=O)[C@H](CCCn1cnc2c(=O)[nH]c(N)nc21)NC(=O)[C@@H](N)Cn1cnc2c(=O)[nH]c(N)nc21)C(N)=O. The van der Waals surface area contributed by atoms with Crippen LogP contribution in [0.1, 0.15) is 57.8 Å². The quantitative estimate of drug-likeness (QED) is 0.0164. The molecule has 9 aromatic heterocycles. The Balaban J connectivity index is 1.05. The molecular weight excluding hydrogens is 1350 g/mol. The fourth-order valence-electron chi connectivity index (χ4n) is 10.8. The van der Waals surface area contributed by atoms with E-state index in [1.807, 2.05) is 0 Å². The lowest BCUT2D eigenvalue weighted by Crippen LogP contribution is -2.61. The summed E-state index contributed by atoms with van der Waals surface area (Å²) in [6.45, 7) is -1.84. The van der Waals surface area contributed by atoms with E-state index in [0.29, 0.717) is 12.8 Å². The lowest BCUT2D eigenvalue weighted by atomic mass is 10.1. The highest BCUT2D eigenvalue weighted by Crippen LogP contribution is 2.15. The number of aromatic amines is 3. The van der Waals surface area contributed by atoms with Crippen molar-refractivity contribution in [2.75, 3.05) is 40.9 Å². The van der Waals surface area contributed by atoms with Gasteiger partial charge in [-0.25, -0.2) is 29.3 Å². The molecule has 7 atom stereocenters. The smallest absolute Gasteiger partial charge is 0.349 e. The molecule has 0 bridgehead atoms. The Labute approximate surface area is 576 Å². The van der Waals surface area contributed by atoms with Gasteiger partial charge in [0.1, 0.15) is 59.7 Å². The van der Waals surface area contributed by atoms with Crippen molar-refractivity contribution in [2.45, 2.75) is 139 Å². The van der Waals surface area contributed by atoms with Gasteiger partial charge in [-0.05, 0) is 82.5 Å². The number of primary amides is 1. The van der Waals surface area contributed by atoms with E-state index in [0.717, 1.165) is 21.5 Å². The average Bonchev–Trinajstić information content (AvgIpc) is 1.71. The maximum atomic E-state index is 15.3. The van der Waals surface area contributed by atoms with Crippen LogP contribution in [0.2, 0.25) is 0 Å². The second-order valence-electron chi connectivity index (χ2n) is 23.6. The number of nitrogens with two attached hydrogens (primary N) is 9. The molecule has 27 N–H and O–H groups in total. The zero-order valence-corrected chi connectivity index (χ0v) is 54.8. The van der Waals surface area contributed by atoms with E-state index in [-0.39, 0.29) is 140 Å². The minimum Gasteiger partial charge on any atom is -0.383 e. The first-order chi connectivity index (χ1) is 49.1. The van der Waals surface area contributed by atoms with Crippen molar-refractivity contribution >= 4 is 110 Å². The maximum Gasteiger partial charge on any atom is 0.349 e. The van der Waals surface area contributed by atoms with Crippen LogP contribution in [0.5, 0.6) is 0 Å². The summed E-state index contributed by atoms with van der Waals surface area (Å²) in [7, 11) is 0. The molecule has 0 unspecified atom stereocenters. The zero-order chi connectivity index (χ0) is 74.3. The highest BCUT2D eigenvalue weighted by molar-refractivity contribution is 5.97. The third-order valence-corrected chi connectivity index (χ3v) is 16.1. The number of rotatable bonds is 35. The average molecular weight is 1430 g/mol. The van der Waals surface area contributed by atoms with Gasteiger partial charge in [-0.15, -0.1) is 0 Å². The number of imidazole rings is 3. The Morgan fingerprint density at radius 3 is 1.09 bits per heavy atom. The number of aromatic nitrogens is 18. The monoisotopic (exact) mass is 1430 g/mol. The third-order valence-electron chi connectivity index (χ3n) is 16.1. The topological polar surface area (TPSA) is 721 Å². The van der Waals surface area contributed by atoms with Crippen LogP contribution in [-0.2, 0) is 72.8 Å². The number of anilines is 6. The molecule has 9 heterocycles. The molecule has 9 rings (SSSR count). The molecule has 0 aliphatic carbocycles. The number of aryl methyl sites for hydroxylation is 3. The molecule has 0 radical (unpaired) electrons. The van der Waals surface area contributed by atoms with Crippen molar-refractivity contribution in [2.24, 2.45) is 17.2 Å². The lowest BCUT2D eigenvalue weighted by molar-refractivity contribution is -0.136. The van der Waals surface area contributed by atoms with Gasteiger partial charge in [0.05, 0.1) is 32.1 Å². The minimum atomic E-state index is -1.92. The fraction of sp³-hybridized carbons (Fsp3) is 0.404. The second-order valence-corrected chi connectivity index (χ2v) is 23.6. The molecular formula is C57H75N33O13. The van der Waals surface area contributed by atoms with Crippen LogP contribution < -0.4 is 117 Å². The van der Waals surface area contributed by atoms with Gasteiger partial charge >= 0.3 is 17.1 Å². The van der Waals surface area contributed by atoms with Gasteiger partial charge in [-0.1, -0.05) is 0 Å². The van der Waals surface area contributed by atoms with Gasteiger partial charge < -0.3 is 97.2 Å². The summed E-state index contributed by atoms with van der Waals surface area (Å²) in [5.74, 6) is -8.75. The molecule has 0 aromatic carbocycles. The maximum absolute atomic E-state index is 15.3. The molecule has 0 saturated carbocycles. The third kappa shape index (κ3) is 18.9. The van der Waals surface area contributed by atoms with Gasteiger partial charge in [-0.3, -0.25) is 76.6 Å². The molecule has 9 aromatic rings.